The number of hydrogen-bond acceptors (Lipinski definition) is 5. The summed E-state index contributed by atoms with van der Waals surface area (Å²) in [4.78, 5) is 41.2. The third kappa shape index (κ3) is 4.91. The van der Waals surface area contributed by atoms with E-state index in [1.54, 1.807) is 6.92 Å². The normalized spacial score (nSPS) is 24.4. The molecule has 2 aliphatic rings. The molecule has 8 nitrogen and oxygen atoms in total. The van der Waals surface area contributed by atoms with Gasteiger partial charge in [-0.05, 0) is 33.1 Å². The second-order valence-corrected chi connectivity index (χ2v) is 6.77. The lowest BCUT2D eigenvalue weighted by Crippen LogP contribution is -2.56. The summed E-state index contributed by atoms with van der Waals surface area (Å²) < 4.78 is 0. The second-order valence-electron chi connectivity index (χ2n) is 6.77. The van der Waals surface area contributed by atoms with Gasteiger partial charge in [0.05, 0.1) is 12.6 Å². The van der Waals surface area contributed by atoms with Crippen molar-refractivity contribution in [3.05, 3.63) is 0 Å². The zero-order chi connectivity index (χ0) is 17.7. The Labute approximate surface area is 143 Å². The van der Waals surface area contributed by atoms with Gasteiger partial charge in [-0.2, -0.15) is 0 Å². The maximum Gasteiger partial charge on any atom is 0.318 e. The van der Waals surface area contributed by atoms with Gasteiger partial charge in [0.15, 0.2) is 0 Å². The predicted molar refractivity (Wildman–Crippen MR) is 90.2 cm³/mol. The Morgan fingerprint density at radius 2 is 1.79 bits per heavy atom. The van der Waals surface area contributed by atoms with E-state index in [0.29, 0.717) is 25.7 Å². The first kappa shape index (κ1) is 18.7. The van der Waals surface area contributed by atoms with E-state index >= 15 is 0 Å². The number of nitrogens with two attached hydrogens (primary N) is 1. The van der Waals surface area contributed by atoms with Crippen molar-refractivity contribution in [2.45, 2.75) is 45.2 Å². The largest absolute Gasteiger partial charge is 0.351 e. The van der Waals surface area contributed by atoms with Crippen LogP contribution in [0.25, 0.3) is 0 Å². The number of piperazine rings is 1. The van der Waals surface area contributed by atoms with Crippen molar-refractivity contribution in [1.29, 1.82) is 0 Å². The standard InChI is InChI=1S/C16H29N5O3/c1-12-5-3-4-6-21(12)14(22)11-19-7-9-20(10-8-19)13(2)15(23)18-16(17)24/h12-13H,3-11H2,1-2H3,(H3,17,18,23,24)/t12-,13+/m0/s1. The van der Waals surface area contributed by atoms with Crippen LogP contribution in [0.3, 0.4) is 0 Å². The number of carbonyl (C=O) groups is 3. The van der Waals surface area contributed by atoms with E-state index in [-0.39, 0.29) is 11.8 Å². The summed E-state index contributed by atoms with van der Waals surface area (Å²) in [5.74, 6) is -0.177. The lowest BCUT2D eigenvalue weighted by atomic mass is 10.0. The second kappa shape index (κ2) is 8.43. The number of rotatable bonds is 4. The van der Waals surface area contributed by atoms with E-state index < -0.39 is 12.1 Å². The molecular formula is C16H29N5O3. The van der Waals surface area contributed by atoms with Gasteiger partial charge < -0.3 is 10.6 Å². The van der Waals surface area contributed by atoms with E-state index in [1.807, 2.05) is 9.80 Å². The van der Waals surface area contributed by atoms with Crippen LogP contribution in [-0.2, 0) is 9.59 Å². The predicted octanol–water partition coefficient (Wildman–Crippen LogP) is -0.412. The molecule has 2 atom stereocenters. The minimum Gasteiger partial charge on any atom is -0.351 e. The zero-order valence-electron chi connectivity index (χ0n) is 14.7. The maximum absolute atomic E-state index is 12.5. The van der Waals surface area contributed by atoms with Crippen molar-refractivity contribution >= 4 is 17.8 Å². The Bertz CT molecular complexity index is 476. The lowest BCUT2D eigenvalue weighted by Gasteiger charge is -2.39. The number of hydrogen-bond donors (Lipinski definition) is 2. The molecule has 0 unspecified atom stereocenters. The van der Waals surface area contributed by atoms with Crippen LogP contribution in [0.4, 0.5) is 4.79 Å². The van der Waals surface area contributed by atoms with Gasteiger partial charge in [-0.25, -0.2) is 4.79 Å². The molecule has 8 heteroatoms. The number of urea groups is 1. The van der Waals surface area contributed by atoms with E-state index in [2.05, 4.69) is 17.1 Å². The Morgan fingerprint density at radius 3 is 2.38 bits per heavy atom. The highest BCUT2D eigenvalue weighted by Crippen LogP contribution is 2.17. The Hall–Kier alpha value is -1.67. The molecule has 0 aromatic rings. The summed E-state index contributed by atoms with van der Waals surface area (Å²) in [7, 11) is 0. The van der Waals surface area contributed by atoms with Crippen molar-refractivity contribution in [2.75, 3.05) is 39.3 Å². The fourth-order valence-corrected chi connectivity index (χ4v) is 3.45. The fraction of sp³-hybridized carbons (Fsp3) is 0.812. The molecule has 2 aliphatic heterocycles. The van der Waals surface area contributed by atoms with Crippen molar-refractivity contribution in [1.82, 2.24) is 20.0 Å². The molecule has 3 N–H and O–H groups in total. The minimum absolute atomic E-state index is 0.204. The highest BCUT2D eigenvalue weighted by atomic mass is 16.2. The zero-order valence-corrected chi connectivity index (χ0v) is 14.7. The average molecular weight is 339 g/mol. The number of amides is 4. The van der Waals surface area contributed by atoms with Crippen LogP contribution >= 0.6 is 0 Å². The van der Waals surface area contributed by atoms with Crippen molar-refractivity contribution in [2.24, 2.45) is 5.73 Å². The van der Waals surface area contributed by atoms with Crippen LogP contribution in [0.2, 0.25) is 0 Å². The smallest absolute Gasteiger partial charge is 0.318 e. The van der Waals surface area contributed by atoms with Crippen LogP contribution in [0, 0.1) is 0 Å². The molecule has 0 spiro atoms. The number of nitrogens with one attached hydrogen (secondary N) is 1. The average Bonchev–Trinajstić information content (AvgIpc) is 2.54. The first-order valence-electron chi connectivity index (χ1n) is 8.74. The molecule has 2 fully saturated rings. The molecule has 0 aliphatic carbocycles. The van der Waals surface area contributed by atoms with Crippen LogP contribution < -0.4 is 11.1 Å². The van der Waals surface area contributed by atoms with Crippen LogP contribution in [0.5, 0.6) is 0 Å². The molecule has 0 saturated carbocycles. The summed E-state index contributed by atoms with van der Waals surface area (Å²) in [6.07, 6.45) is 3.39. The van der Waals surface area contributed by atoms with Crippen molar-refractivity contribution in [3.8, 4) is 0 Å². The van der Waals surface area contributed by atoms with Crippen LogP contribution in [0.1, 0.15) is 33.1 Å². The van der Waals surface area contributed by atoms with E-state index in [0.717, 1.165) is 32.5 Å². The molecule has 0 radical (unpaired) electrons. The van der Waals surface area contributed by atoms with Crippen LogP contribution in [0.15, 0.2) is 0 Å². The summed E-state index contributed by atoms with van der Waals surface area (Å²) in [6, 6.07) is -0.894. The van der Waals surface area contributed by atoms with Gasteiger partial charge in [0.2, 0.25) is 11.8 Å². The van der Waals surface area contributed by atoms with Gasteiger partial charge in [-0.1, -0.05) is 0 Å². The highest BCUT2D eigenvalue weighted by molar-refractivity contribution is 5.96. The summed E-state index contributed by atoms with van der Waals surface area (Å²) >= 11 is 0. The molecule has 2 heterocycles. The monoisotopic (exact) mass is 339 g/mol. The molecule has 136 valence electrons. The molecule has 0 aromatic heterocycles. The maximum atomic E-state index is 12.5. The summed E-state index contributed by atoms with van der Waals surface area (Å²) in [6.45, 7) is 8.05. The number of nitrogens with zero attached hydrogens (tertiary/aromatic N) is 3. The third-order valence-corrected chi connectivity index (χ3v) is 5.06. The van der Waals surface area contributed by atoms with Gasteiger partial charge in [-0.15, -0.1) is 0 Å². The van der Waals surface area contributed by atoms with Crippen LogP contribution in [-0.4, -0.2) is 83.9 Å². The van der Waals surface area contributed by atoms with E-state index in [9.17, 15) is 14.4 Å². The fourth-order valence-electron chi connectivity index (χ4n) is 3.45. The third-order valence-electron chi connectivity index (χ3n) is 5.06. The van der Waals surface area contributed by atoms with Gasteiger partial charge >= 0.3 is 6.03 Å². The highest BCUT2D eigenvalue weighted by Gasteiger charge is 2.29. The molecule has 2 saturated heterocycles. The first-order chi connectivity index (χ1) is 11.4. The summed E-state index contributed by atoms with van der Waals surface area (Å²) in [5, 5.41) is 2.11. The minimum atomic E-state index is -0.827. The number of carbonyl (C=O) groups excluding carboxylic acids is 3. The first-order valence-corrected chi connectivity index (χ1v) is 8.74. The molecule has 0 aromatic carbocycles. The molecule has 0 bridgehead atoms. The molecular weight excluding hydrogens is 310 g/mol. The van der Waals surface area contributed by atoms with Gasteiger partial charge in [0.1, 0.15) is 0 Å². The van der Waals surface area contributed by atoms with Gasteiger partial charge in [0, 0.05) is 38.8 Å². The van der Waals surface area contributed by atoms with E-state index in [1.165, 1.54) is 6.42 Å². The van der Waals surface area contributed by atoms with Crippen molar-refractivity contribution < 1.29 is 14.4 Å². The molecule has 4 amide bonds. The molecule has 24 heavy (non-hydrogen) atoms. The number of imide groups is 1. The Morgan fingerprint density at radius 1 is 1.12 bits per heavy atom. The quantitative estimate of drug-likeness (QED) is 0.725. The number of likely N-dealkylation sites (tertiary alicyclic amines) is 1. The summed E-state index contributed by atoms with van der Waals surface area (Å²) in [5.41, 5.74) is 4.98. The Kier molecular flexibility index (Phi) is 6.56. The van der Waals surface area contributed by atoms with Crippen molar-refractivity contribution in [3.63, 3.8) is 0 Å². The number of piperidine rings is 1. The van der Waals surface area contributed by atoms with E-state index in [4.69, 9.17) is 5.73 Å². The SMILES string of the molecule is C[C@H](C(=O)NC(N)=O)N1CCN(CC(=O)N2CCCC[C@@H]2C)CC1. The lowest BCUT2D eigenvalue weighted by molar-refractivity contribution is -0.136. The topological polar surface area (TPSA) is 99.0 Å². The number of primary amides is 1. The van der Waals surface area contributed by atoms with Gasteiger partial charge in [-0.3, -0.25) is 24.7 Å². The molecule has 2 rings (SSSR count). The van der Waals surface area contributed by atoms with Gasteiger partial charge in [0.25, 0.3) is 0 Å². The Balaban J connectivity index is 1.77.